The van der Waals surface area contributed by atoms with Gasteiger partial charge in [-0.1, -0.05) is 13.8 Å². The van der Waals surface area contributed by atoms with Crippen molar-refractivity contribution in [1.82, 2.24) is 15.0 Å². The zero-order chi connectivity index (χ0) is 14.3. The Morgan fingerprint density at radius 2 is 1.74 bits per heavy atom. The van der Waals surface area contributed by atoms with Gasteiger partial charge in [-0.15, -0.1) is 0 Å². The predicted octanol–water partition coefficient (Wildman–Crippen LogP) is 2.69. The fourth-order valence-electron chi connectivity index (χ4n) is 1.32. The monoisotopic (exact) mass is 267 g/mol. The van der Waals surface area contributed by atoms with Crippen molar-refractivity contribution >= 4 is 11.9 Å². The average Bonchev–Trinajstić information content (AvgIpc) is 2.35. The Bertz CT molecular complexity index is 383. The lowest BCUT2D eigenvalue weighted by Gasteiger charge is -2.14. The molecule has 2 N–H and O–H groups in total. The van der Waals surface area contributed by atoms with Gasteiger partial charge in [0.1, 0.15) is 0 Å². The quantitative estimate of drug-likeness (QED) is 0.754. The molecule has 1 rings (SSSR count). The van der Waals surface area contributed by atoms with Crippen molar-refractivity contribution in [3.8, 4) is 6.01 Å². The minimum Gasteiger partial charge on any atom is -0.461 e. The summed E-state index contributed by atoms with van der Waals surface area (Å²) in [5, 5.41) is 6.40. The third-order valence-electron chi connectivity index (χ3n) is 2.48. The second kappa shape index (κ2) is 7.76. The van der Waals surface area contributed by atoms with Crippen molar-refractivity contribution in [1.29, 1.82) is 0 Å². The summed E-state index contributed by atoms with van der Waals surface area (Å²) in [4.78, 5) is 12.9. The highest BCUT2D eigenvalue weighted by atomic mass is 16.5. The van der Waals surface area contributed by atoms with Gasteiger partial charge in [0.15, 0.2) is 0 Å². The molecule has 1 aromatic heterocycles. The summed E-state index contributed by atoms with van der Waals surface area (Å²) in [7, 11) is 0. The SMILES string of the molecule is CCCNc1nc(NC(C)CC)nc(OC(C)C)n1. The molecule has 1 unspecified atom stereocenters. The molecule has 19 heavy (non-hydrogen) atoms. The molecule has 6 heteroatoms. The van der Waals surface area contributed by atoms with E-state index in [1.807, 2.05) is 13.8 Å². The third kappa shape index (κ3) is 5.72. The maximum atomic E-state index is 5.55. The molecule has 108 valence electrons. The van der Waals surface area contributed by atoms with Crippen LogP contribution in [-0.4, -0.2) is 33.6 Å². The van der Waals surface area contributed by atoms with Gasteiger partial charge in [-0.2, -0.15) is 15.0 Å². The zero-order valence-corrected chi connectivity index (χ0v) is 12.5. The molecule has 6 nitrogen and oxygen atoms in total. The van der Waals surface area contributed by atoms with Crippen LogP contribution in [0.5, 0.6) is 6.01 Å². The van der Waals surface area contributed by atoms with E-state index in [0.717, 1.165) is 19.4 Å². The minimum atomic E-state index is 0.0397. The number of aromatic nitrogens is 3. The molecule has 0 saturated heterocycles. The van der Waals surface area contributed by atoms with E-state index < -0.39 is 0 Å². The van der Waals surface area contributed by atoms with Crippen LogP contribution in [0.25, 0.3) is 0 Å². The molecule has 0 spiro atoms. The van der Waals surface area contributed by atoms with Crippen molar-refractivity contribution in [3.05, 3.63) is 0 Å². The van der Waals surface area contributed by atoms with Crippen LogP contribution in [0.3, 0.4) is 0 Å². The Balaban J connectivity index is 2.87. The number of hydrogen-bond donors (Lipinski definition) is 2. The molecule has 0 aromatic carbocycles. The molecule has 1 aromatic rings. The van der Waals surface area contributed by atoms with Crippen LogP contribution in [0.4, 0.5) is 11.9 Å². The highest BCUT2D eigenvalue weighted by molar-refractivity contribution is 5.36. The molecule has 0 aliphatic carbocycles. The van der Waals surface area contributed by atoms with Crippen molar-refractivity contribution in [2.24, 2.45) is 0 Å². The van der Waals surface area contributed by atoms with Crippen LogP contribution in [0.2, 0.25) is 0 Å². The molecular weight excluding hydrogens is 242 g/mol. The lowest BCUT2D eigenvalue weighted by Crippen LogP contribution is -2.18. The largest absolute Gasteiger partial charge is 0.461 e. The first-order chi connectivity index (χ1) is 9.05. The van der Waals surface area contributed by atoms with Gasteiger partial charge in [-0.3, -0.25) is 0 Å². The van der Waals surface area contributed by atoms with Crippen molar-refractivity contribution in [2.75, 3.05) is 17.2 Å². The molecule has 0 aliphatic rings. The molecule has 0 aliphatic heterocycles. The van der Waals surface area contributed by atoms with E-state index in [9.17, 15) is 0 Å². The second-order valence-electron chi connectivity index (χ2n) is 4.81. The second-order valence-corrected chi connectivity index (χ2v) is 4.81. The molecular formula is C13H25N5O. The van der Waals surface area contributed by atoms with Crippen LogP contribution < -0.4 is 15.4 Å². The number of anilines is 2. The topological polar surface area (TPSA) is 72.0 Å². The lowest BCUT2D eigenvalue weighted by molar-refractivity contribution is 0.222. The number of nitrogens with one attached hydrogen (secondary N) is 2. The van der Waals surface area contributed by atoms with Gasteiger partial charge in [0.25, 0.3) is 0 Å². The van der Waals surface area contributed by atoms with Crippen LogP contribution in [0, 0.1) is 0 Å². The first kappa shape index (κ1) is 15.5. The highest BCUT2D eigenvalue weighted by Gasteiger charge is 2.10. The van der Waals surface area contributed by atoms with E-state index in [1.54, 1.807) is 0 Å². The van der Waals surface area contributed by atoms with Crippen molar-refractivity contribution < 1.29 is 4.74 Å². The molecule has 0 bridgehead atoms. The minimum absolute atomic E-state index is 0.0397. The number of rotatable bonds is 8. The van der Waals surface area contributed by atoms with E-state index in [1.165, 1.54) is 0 Å². The third-order valence-corrected chi connectivity index (χ3v) is 2.48. The summed E-state index contributed by atoms with van der Waals surface area (Å²) in [6.07, 6.45) is 2.06. The predicted molar refractivity (Wildman–Crippen MR) is 77.7 cm³/mol. The number of nitrogens with zero attached hydrogens (tertiary/aromatic N) is 3. The van der Waals surface area contributed by atoms with Gasteiger partial charge in [0, 0.05) is 12.6 Å². The molecule has 0 radical (unpaired) electrons. The molecule has 0 fully saturated rings. The fraction of sp³-hybridized carbons (Fsp3) is 0.769. The normalized spacial score (nSPS) is 12.3. The van der Waals surface area contributed by atoms with Gasteiger partial charge in [0.2, 0.25) is 11.9 Å². The van der Waals surface area contributed by atoms with Crippen LogP contribution >= 0.6 is 0 Å². The molecule has 0 amide bonds. The molecule has 1 heterocycles. The van der Waals surface area contributed by atoms with E-state index in [0.29, 0.717) is 23.9 Å². The maximum absolute atomic E-state index is 5.55. The van der Waals surface area contributed by atoms with E-state index in [4.69, 9.17) is 4.74 Å². The van der Waals surface area contributed by atoms with Gasteiger partial charge < -0.3 is 15.4 Å². The Hall–Kier alpha value is -1.59. The summed E-state index contributed by atoms with van der Waals surface area (Å²) >= 11 is 0. The van der Waals surface area contributed by atoms with Crippen LogP contribution in [-0.2, 0) is 0 Å². The zero-order valence-electron chi connectivity index (χ0n) is 12.5. The fourth-order valence-corrected chi connectivity index (χ4v) is 1.32. The van der Waals surface area contributed by atoms with Crippen molar-refractivity contribution in [3.63, 3.8) is 0 Å². The van der Waals surface area contributed by atoms with E-state index in [-0.39, 0.29) is 6.10 Å². The standard InChI is InChI=1S/C13H25N5O/c1-6-8-14-11-16-12(15-10(5)7-2)18-13(17-11)19-9(3)4/h9-10H,6-8H2,1-5H3,(H2,14,15,16,17,18). The average molecular weight is 267 g/mol. The Labute approximate surface area is 115 Å². The van der Waals surface area contributed by atoms with Crippen LogP contribution in [0.1, 0.15) is 47.5 Å². The first-order valence-electron chi connectivity index (χ1n) is 6.98. The van der Waals surface area contributed by atoms with Crippen molar-refractivity contribution in [2.45, 2.75) is 59.6 Å². The first-order valence-corrected chi connectivity index (χ1v) is 6.98. The van der Waals surface area contributed by atoms with Gasteiger partial charge in [-0.25, -0.2) is 0 Å². The maximum Gasteiger partial charge on any atom is 0.323 e. The Morgan fingerprint density at radius 1 is 1.05 bits per heavy atom. The number of hydrogen-bond acceptors (Lipinski definition) is 6. The van der Waals surface area contributed by atoms with Gasteiger partial charge in [0.05, 0.1) is 6.10 Å². The summed E-state index contributed by atoms with van der Waals surface area (Å²) in [5.74, 6) is 1.11. The Kier molecular flexibility index (Phi) is 6.32. The van der Waals surface area contributed by atoms with E-state index >= 15 is 0 Å². The van der Waals surface area contributed by atoms with Gasteiger partial charge >= 0.3 is 6.01 Å². The van der Waals surface area contributed by atoms with Gasteiger partial charge in [-0.05, 0) is 33.6 Å². The number of ether oxygens (including phenoxy) is 1. The lowest BCUT2D eigenvalue weighted by atomic mass is 10.3. The summed E-state index contributed by atoms with van der Waals surface area (Å²) in [6, 6.07) is 0.669. The summed E-state index contributed by atoms with van der Waals surface area (Å²) in [6.45, 7) is 11.0. The summed E-state index contributed by atoms with van der Waals surface area (Å²) < 4.78 is 5.55. The summed E-state index contributed by atoms with van der Waals surface area (Å²) in [5.41, 5.74) is 0. The smallest absolute Gasteiger partial charge is 0.323 e. The molecule has 1 atom stereocenters. The Morgan fingerprint density at radius 3 is 2.32 bits per heavy atom. The molecule has 0 saturated carbocycles. The van der Waals surface area contributed by atoms with E-state index in [2.05, 4.69) is 46.4 Å². The highest BCUT2D eigenvalue weighted by Crippen LogP contribution is 2.13. The van der Waals surface area contributed by atoms with Crippen LogP contribution in [0.15, 0.2) is 0 Å².